The van der Waals surface area contributed by atoms with Gasteiger partial charge in [-0.15, -0.1) is 0 Å². The first-order valence-corrected chi connectivity index (χ1v) is 8.05. The molecule has 4 aromatic rings. The van der Waals surface area contributed by atoms with Crippen LogP contribution in [0.25, 0.3) is 22.1 Å². The van der Waals surface area contributed by atoms with Crippen molar-refractivity contribution in [3.05, 3.63) is 64.8 Å². The first kappa shape index (κ1) is 14.1. The van der Waals surface area contributed by atoms with Crippen molar-refractivity contribution in [2.75, 3.05) is 11.1 Å². The molecule has 0 unspecified atom stereocenters. The van der Waals surface area contributed by atoms with Gasteiger partial charge in [0.25, 0.3) is 0 Å². The van der Waals surface area contributed by atoms with Crippen LogP contribution >= 0.6 is 15.9 Å². The monoisotopic (exact) mass is 367 g/mol. The van der Waals surface area contributed by atoms with E-state index in [0.29, 0.717) is 11.4 Å². The fourth-order valence-electron chi connectivity index (χ4n) is 2.66. The molecule has 0 saturated carbocycles. The summed E-state index contributed by atoms with van der Waals surface area (Å²) >= 11 is 3.45. The zero-order chi connectivity index (χ0) is 15.8. The van der Waals surface area contributed by atoms with E-state index < -0.39 is 0 Å². The van der Waals surface area contributed by atoms with Crippen LogP contribution in [0, 0.1) is 0 Å². The Morgan fingerprint density at radius 3 is 2.74 bits per heavy atom. The molecular weight excluding hydrogens is 354 g/mol. The van der Waals surface area contributed by atoms with Crippen molar-refractivity contribution in [3.63, 3.8) is 0 Å². The summed E-state index contributed by atoms with van der Waals surface area (Å²) in [6, 6.07) is 15.8. The number of nitrogens with two attached hydrogens (primary N) is 1. The Morgan fingerprint density at radius 1 is 1.09 bits per heavy atom. The molecule has 5 heteroatoms. The largest absolute Gasteiger partial charge is 0.438 e. The lowest BCUT2D eigenvalue weighted by molar-refractivity contribution is 0.654. The van der Waals surface area contributed by atoms with Crippen molar-refractivity contribution in [2.24, 2.45) is 0 Å². The SMILES string of the molecule is Nc1ccc2oc3nccc(NCc4ccc(Br)cc4)c3c2c1. The standard InChI is InChI=1S/C18H14BrN3O/c19-12-3-1-11(2-4-12)10-22-15-7-8-21-18-17(15)14-9-13(20)5-6-16(14)23-18/h1-9H,10,20H2,(H,21,22). The molecule has 4 nitrogen and oxygen atoms in total. The summed E-state index contributed by atoms with van der Waals surface area (Å²) in [5, 5.41) is 5.41. The van der Waals surface area contributed by atoms with Gasteiger partial charge < -0.3 is 15.5 Å². The number of rotatable bonds is 3. The van der Waals surface area contributed by atoms with E-state index in [-0.39, 0.29) is 0 Å². The molecule has 114 valence electrons. The molecule has 3 N–H and O–H groups in total. The molecule has 2 aromatic carbocycles. The van der Waals surface area contributed by atoms with E-state index in [1.165, 1.54) is 5.56 Å². The normalized spacial score (nSPS) is 11.2. The first-order chi connectivity index (χ1) is 11.2. The van der Waals surface area contributed by atoms with Crippen LogP contribution in [-0.2, 0) is 6.54 Å². The van der Waals surface area contributed by atoms with Gasteiger partial charge in [-0.05, 0) is 42.0 Å². The molecule has 0 bridgehead atoms. The van der Waals surface area contributed by atoms with E-state index in [1.54, 1.807) is 6.20 Å². The summed E-state index contributed by atoms with van der Waals surface area (Å²) in [6.07, 6.45) is 1.75. The minimum absolute atomic E-state index is 0.617. The zero-order valence-electron chi connectivity index (χ0n) is 12.2. The van der Waals surface area contributed by atoms with Crippen molar-refractivity contribution in [1.29, 1.82) is 0 Å². The fraction of sp³-hybridized carbons (Fsp3) is 0.0556. The van der Waals surface area contributed by atoms with Crippen LogP contribution in [-0.4, -0.2) is 4.98 Å². The second kappa shape index (κ2) is 5.59. The van der Waals surface area contributed by atoms with Crippen LogP contribution in [0.3, 0.4) is 0 Å². The smallest absolute Gasteiger partial charge is 0.229 e. The van der Waals surface area contributed by atoms with E-state index in [1.807, 2.05) is 36.4 Å². The first-order valence-electron chi connectivity index (χ1n) is 7.26. The topological polar surface area (TPSA) is 64.1 Å². The van der Waals surface area contributed by atoms with Gasteiger partial charge in [-0.3, -0.25) is 0 Å². The summed E-state index contributed by atoms with van der Waals surface area (Å²) in [6.45, 7) is 0.724. The van der Waals surface area contributed by atoms with Crippen molar-refractivity contribution in [3.8, 4) is 0 Å². The molecule has 2 heterocycles. The number of hydrogen-bond acceptors (Lipinski definition) is 4. The van der Waals surface area contributed by atoms with Gasteiger partial charge in [0.2, 0.25) is 5.71 Å². The molecule has 0 fully saturated rings. The predicted octanol–water partition coefficient (Wildman–Crippen LogP) is 4.94. The quantitative estimate of drug-likeness (QED) is 0.503. The number of benzene rings is 2. The predicted molar refractivity (Wildman–Crippen MR) is 97.4 cm³/mol. The molecule has 2 aromatic heterocycles. The number of nitrogens with zero attached hydrogens (tertiary/aromatic N) is 1. The highest BCUT2D eigenvalue weighted by molar-refractivity contribution is 9.10. The van der Waals surface area contributed by atoms with Gasteiger partial charge in [-0.1, -0.05) is 28.1 Å². The highest BCUT2D eigenvalue weighted by Crippen LogP contribution is 2.34. The molecule has 0 aliphatic rings. The van der Waals surface area contributed by atoms with E-state index in [4.69, 9.17) is 10.2 Å². The fourth-order valence-corrected chi connectivity index (χ4v) is 2.93. The molecule has 0 spiro atoms. The second-order valence-electron chi connectivity index (χ2n) is 5.38. The molecule has 0 saturated heterocycles. The second-order valence-corrected chi connectivity index (χ2v) is 6.29. The van der Waals surface area contributed by atoms with Gasteiger partial charge in [-0.2, -0.15) is 0 Å². The van der Waals surface area contributed by atoms with Crippen molar-refractivity contribution >= 4 is 49.4 Å². The molecule has 0 aliphatic carbocycles. The average Bonchev–Trinajstić information content (AvgIpc) is 2.93. The van der Waals surface area contributed by atoms with Crippen LogP contribution in [0.5, 0.6) is 0 Å². The zero-order valence-corrected chi connectivity index (χ0v) is 13.8. The Kier molecular flexibility index (Phi) is 3.42. The van der Waals surface area contributed by atoms with Crippen LogP contribution in [0.4, 0.5) is 11.4 Å². The van der Waals surface area contributed by atoms with Gasteiger partial charge in [0.15, 0.2) is 0 Å². The molecule has 0 atom stereocenters. The number of halogens is 1. The van der Waals surface area contributed by atoms with Crippen LogP contribution in [0.2, 0.25) is 0 Å². The number of anilines is 2. The number of nitrogen functional groups attached to an aromatic ring is 1. The van der Waals surface area contributed by atoms with E-state index in [0.717, 1.165) is 33.1 Å². The molecule has 0 aliphatic heterocycles. The van der Waals surface area contributed by atoms with Crippen molar-refractivity contribution < 1.29 is 4.42 Å². The lowest BCUT2D eigenvalue weighted by Crippen LogP contribution is -1.99. The molecule has 0 radical (unpaired) electrons. The van der Waals surface area contributed by atoms with Gasteiger partial charge >= 0.3 is 0 Å². The Labute approximate surface area is 141 Å². The van der Waals surface area contributed by atoms with E-state index in [2.05, 4.69) is 38.4 Å². The summed E-state index contributed by atoms with van der Waals surface area (Å²) in [4.78, 5) is 4.32. The molecule has 23 heavy (non-hydrogen) atoms. The van der Waals surface area contributed by atoms with Crippen molar-refractivity contribution in [1.82, 2.24) is 4.98 Å². The summed E-state index contributed by atoms with van der Waals surface area (Å²) < 4.78 is 6.88. The highest BCUT2D eigenvalue weighted by Gasteiger charge is 2.12. The minimum atomic E-state index is 0.617. The van der Waals surface area contributed by atoms with Crippen LogP contribution in [0.1, 0.15) is 5.56 Å². The number of furan rings is 1. The summed E-state index contributed by atoms with van der Waals surface area (Å²) in [7, 11) is 0. The Bertz CT molecular complexity index is 992. The van der Waals surface area contributed by atoms with Gasteiger partial charge in [0.1, 0.15) is 5.58 Å². The van der Waals surface area contributed by atoms with Gasteiger partial charge in [0, 0.05) is 34.0 Å². The Hall–Kier alpha value is -2.53. The number of pyridine rings is 1. The lowest BCUT2D eigenvalue weighted by atomic mass is 10.1. The maximum atomic E-state index is 5.92. The third-order valence-electron chi connectivity index (χ3n) is 3.79. The molecule has 4 rings (SSSR count). The number of fused-ring (bicyclic) bond motifs is 3. The maximum Gasteiger partial charge on any atom is 0.229 e. The third kappa shape index (κ3) is 2.64. The van der Waals surface area contributed by atoms with Gasteiger partial charge in [-0.25, -0.2) is 4.98 Å². The number of hydrogen-bond donors (Lipinski definition) is 2. The Morgan fingerprint density at radius 2 is 1.91 bits per heavy atom. The maximum absolute atomic E-state index is 5.92. The van der Waals surface area contributed by atoms with Gasteiger partial charge in [0.05, 0.1) is 5.39 Å². The lowest BCUT2D eigenvalue weighted by Gasteiger charge is -2.08. The number of nitrogens with one attached hydrogen (secondary N) is 1. The van der Waals surface area contributed by atoms with E-state index >= 15 is 0 Å². The third-order valence-corrected chi connectivity index (χ3v) is 4.32. The van der Waals surface area contributed by atoms with Crippen LogP contribution < -0.4 is 11.1 Å². The molecule has 0 amide bonds. The number of aromatic nitrogens is 1. The highest BCUT2D eigenvalue weighted by atomic mass is 79.9. The van der Waals surface area contributed by atoms with Crippen molar-refractivity contribution in [2.45, 2.75) is 6.54 Å². The molecular formula is C18H14BrN3O. The minimum Gasteiger partial charge on any atom is -0.438 e. The average molecular weight is 368 g/mol. The summed E-state index contributed by atoms with van der Waals surface area (Å²) in [5.41, 5.74) is 10.2. The summed E-state index contributed by atoms with van der Waals surface area (Å²) in [5.74, 6) is 0. The Balaban J connectivity index is 1.75. The van der Waals surface area contributed by atoms with E-state index in [9.17, 15) is 0 Å². The van der Waals surface area contributed by atoms with Crippen LogP contribution in [0.15, 0.2) is 63.6 Å².